The van der Waals surface area contributed by atoms with E-state index in [1.165, 1.54) is 0 Å². The van der Waals surface area contributed by atoms with Gasteiger partial charge in [0.2, 0.25) is 0 Å². The summed E-state index contributed by atoms with van der Waals surface area (Å²) in [7, 11) is 0.607. The van der Waals surface area contributed by atoms with Gasteiger partial charge in [-0.15, -0.1) is 0 Å². The van der Waals surface area contributed by atoms with Crippen LogP contribution in [0.5, 0.6) is 5.75 Å². The molecular formula is C19H32BrNO3Si. The van der Waals surface area contributed by atoms with E-state index in [9.17, 15) is 4.79 Å². The Morgan fingerprint density at radius 1 is 1.24 bits per heavy atom. The number of nitrogens with zero attached hydrogens (tertiary/aromatic N) is 1. The number of ether oxygens (including phenoxy) is 2. The van der Waals surface area contributed by atoms with Crippen molar-refractivity contribution in [3.8, 4) is 5.75 Å². The lowest BCUT2D eigenvalue weighted by molar-refractivity contribution is 0.116. The summed E-state index contributed by atoms with van der Waals surface area (Å²) in [6.07, 6.45) is 2.64. The highest BCUT2D eigenvalue weighted by molar-refractivity contribution is 9.10. The zero-order valence-corrected chi connectivity index (χ0v) is 18.8. The molecule has 142 valence electrons. The minimum Gasteiger partial charge on any atom is -0.493 e. The molecule has 0 fully saturated rings. The number of hydrogen-bond donors (Lipinski definition) is 0. The second-order valence-corrected chi connectivity index (χ2v) is 14.1. The van der Waals surface area contributed by atoms with Gasteiger partial charge in [0.05, 0.1) is 13.2 Å². The van der Waals surface area contributed by atoms with Gasteiger partial charge < -0.3 is 14.4 Å². The molecule has 0 aromatic heterocycles. The normalized spacial score (nSPS) is 11.3. The van der Waals surface area contributed by atoms with Gasteiger partial charge in [0.15, 0.2) is 0 Å². The summed E-state index contributed by atoms with van der Waals surface area (Å²) in [6.45, 7) is 10.8. The van der Waals surface area contributed by atoms with Crippen LogP contribution in [0, 0.1) is 0 Å². The van der Waals surface area contributed by atoms with Gasteiger partial charge in [-0.05, 0) is 42.6 Å². The van der Waals surface area contributed by atoms with Gasteiger partial charge in [0.1, 0.15) is 5.75 Å². The molecule has 0 spiro atoms. The van der Waals surface area contributed by atoms with E-state index in [2.05, 4.69) is 48.6 Å². The zero-order chi connectivity index (χ0) is 18.9. The van der Waals surface area contributed by atoms with Crippen LogP contribution in [0.4, 0.5) is 4.79 Å². The molecule has 1 amide bonds. The van der Waals surface area contributed by atoms with Gasteiger partial charge in [0.25, 0.3) is 0 Å². The Labute approximate surface area is 162 Å². The molecular weight excluding hydrogens is 398 g/mol. The molecule has 0 saturated carbocycles. The van der Waals surface area contributed by atoms with E-state index in [4.69, 9.17) is 9.47 Å². The summed E-state index contributed by atoms with van der Waals surface area (Å²) in [5.74, 6) is 0.900. The molecule has 1 aromatic carbocycles. The van der Waals surface area contributed by atoms with Gasteiger partial charge in [0, 0.05) is 26.1 Å². The van der Waals surface area contributed by atoms with Crippen LogP contribution in [-0.4, -0.2) is 45.9 Å². The Balaban J connectivity index is 2.52. The fraction of sp³-hybridized carbons (Fsp3) is 0.632. The molecule has 25 heavy (non-hydrogen) atoms. The van der Waals surface area contributed by atoms with Crippen molar-refractivity contribution < 1.29 is 14.3 Å². The number of benzene rings is 1. The van der Waals surface area contributed by atoms with Gasteiger partial charge in [-0.1, -0.05) is 48.9 Å². The second-order valence-electron chi connectivity index (χ2n) is 7.55. The van der Waals surface area contributed by atoms with Gasteiger partial charge in [-0.2, -0.15) is 0 Å². The van der Waals surface area contributed by atoms with E-state index in [0.29, 0.717) is 13.2 Å². The molecule has 0 aliphatic carbocycles. The Morgan fingerprint density at radius 2 is 1.96 bits per heavy atom. The van der Waals surface area contributed by atoms with E-state index in [0.717, 1.165) is 47.7 Å². The van der Waals surface area contributed by atoms with Crippen molar-refractivity contribution in [2.45, 2.75) is 51.9 Å². The number of carbonyl (C=O) groups is 1. The van der Waals surface area contributed by atoms with Crippen LogP contribution in [0.1, 0.15) is 25.3 Å². The van der Waals surface area contributed by atoms with E-state index in [1.54, 1.807) is 11.9 Å². The molecule has 1 rings (SSSR count). The van der Waals surface area contributed by atoms with Crippen molar-refractivity contribution in [1.82, 2.24) is 4.90 Å². The standard InChI is InChI=1S/C19H32BrNO3Si/c1-6-7-12-23-18-9-8-17(20)15-16(18)10-11-21(2)19(22)24-13-14-25(3,4)5/h8-9,15H,6-7,10-14H2,1-5H3. The predicted octanol–water partition coefficient (Wildman–Crippen LogP) is 5.58. The molecule has 4 nitrogen and oxygen atoms in total. The summed E-state index contributed by atoms with van der Waals surface area (Å²) in [6, 6.07) is 7.03. The summed E-state index contributed by atoms with van der Waals surface area (Å²) >= 11 is 3.51. The predicted molar refractivity (Wildman–Crippen MR) is 110 cm³/mol. The smallest absolute Gasteiger partial charge is 0.409 e. The molecule has 6 heteroatoms. The van der Waals surface area contributed by atoms with Crippen molar-refractivity contribution in [2.24, 2.45) is 0 Å². The number of unbranched alkanes of at least 4 members (excludes halogenated alkanes) is 1. The molecule has 0 radical (unpaired) electrons. The topological polar surface area (TPSA) is 38.8 Å². The van der Waals surface area contributed by atoms with Crippen LogP contribution in [0.3, 0.4) is 0 Å². The summed E-state index contributed by atoms with van der Waals surface area (Å²) in [5.41, 5.74) is 1.10. The lowest BCUT2D eigenvalue weighted by atomic mass is 10.1. The third kappa shape index (κ3) is 9.30. The number of likely N-dealkylation sites (N-methyl/N-ethyl adjacent to an activating group) is 1. The molecule has 0 bridgehead atoms. The fourth-order valence-corrected chi connectivity index (χ4v) is 3.27. The minimum absolute atomic E-state index is 0.248. The molecule has 0 aliphatic rings. The minimum atomic E-state index is -1.18. The van der Waals surface area contributed by atoms with Crippen LogP contribution in [-0.2, 0) is 11.2 Å². The van der Waals surface area contributed by atoms with Crippen LogP contribution >= 0.6 is 15.9 Å². The van der Waals surface area contributed by atoms with Crippen molar-refractivity contribution in [2.75, 3.05) is 26.8 Å². The van der Waals surface area contributed by atoms with Crippen LogP contribution < -0.4 is 4.74 Å². The van der Waals surface area contributed by atoms with E-state index < -0.39 is 8.07 Å². The number of carbonyl (C=O) groups excluding carboxylic acids is 1. The molecule has 1 aromatic rings. The zero-order valence-electron chi connectivity index (χ0n) is 16.2. The fourth-order valence-electron chi connectivity index (χ4n) is 2.14. The molecule has 0 atom stereocenters. The highest BCUT2D eigenvalue weighted by atomic mass is 79.9. The summed E-state index contributed by atoms with van der Waals surface area (Å²) in [5, 5.41) is 0. The summed E-state index contributed by atoms with van der Waals surface area (Å²) < 4.78 is 12.3. The maximum atomic E-state index is 12.1. The van der Waals surface area contributed by atoms with Gasteiger partial charge in [-0.3, -0.25) is 0 Å². The van der Waals surface area contributed by atoms with Crippen molar-refractivity contribution >= 4 is 30.1 Å². The first-order valence-electron chi connectivity index (χ1n) is 9.02. The molecule has 0 unspecified atom stereocenters. The third-order valence-electron chi connectivity index (χ3n) is 3.88. The van der Waals surface area contributed by atoms with Crippen molar-refractivity contribution in [3.63, 3.8) is 0 Å². The van der Waals surface area contributed by atoms with Crippen LogP contribution in [0.15, 0.2) is 22.7 Å². The molecule has 0 aliphatic heterocycles. The first kappa shape index (κ1) is 22.0. The second kappa shape index (κ2) is 10.9. The number of halogens is 1. The molecule has 0 N–H and O–H groups in total. The first-order valence-corrected chi connectivity index (χ1v) is 13.5. The van der Waals surface area contributed by atoms with E-state index >= 15 is 0 Å². The Morgan fingerprint density at radius 3 is 2.60 bits per heavy atom. The number of rotatable bonds is 10. The van der Waals surface area contributed by atoms with Gasteiger partial charge in [-0.25, -0.2) is 4.79 Å². The SMILES string of the molecule is CCCCOc1ccc(Br)cc1CCN(C)C(=O)OCC[Si](C)(C)C. The third-order valence-corrected chi connectivity index (χ3v) is 6.08. The number of amides is 1. The highest BCUT2D eigenvalue weighted by Crippen LogP contribution is 2.24. The molecule has 0 heterocycles. The van der Waals surface area contributed by atoms with E-state index in [-0.39, 0.29) is 6.09 Å². The maximum absolute atomic E-state index is 12.1. The first-order chi connectivity index (χ1) is 11.7. The lowest BCUT2D eigenvalue weighted by Crippen LogP contribution is -2.31. The average molecular weight is 430 g/mol. The van der Waals surface area contributed by atoms with Crippen LogP contribution in [0.2, 0.25) is 25.7 Å². The molecule has 0 saturated heterocycles. The van der Waals surface area contributed by atoms with Crippen LogP contribution in [0.25, 0.3) is 0 Å². The average Bonchev–Trinajstić information content (AvgIpc) is 2.53. The van der Waals surface area contributed by atoms with Crippen molar-refractivity contribution in [1.29, 1.82) is 0 Å². The quantitative estimate of drug-likeness (QED) is 0.359. The number of hydrogen-bond acceptors (Lipinski definition) is 3. The Bertz CT molecular complexity index is 546. The highest BCUT2D eigenvalue weighted by Gasteiger charge is 2.16. The maximum Gasteiger partial charge on any atom is 0.409 e. The Hall–Kier alpha value is -1.01. The van der Waals surface area contributed by atoms with Crippen molar-refractivity contribution in [3.05, 3.63) is 28.2 Å². The monoisotopic (exact) mass is 429 g/mol. The lowest BCUT2D eigenvalue weighted by Gasteiger charge is -2.20. The van der Waals surface area contributed by atoms with Gasteiger partial charge >= 0.3 is 6.09 Å². The van der Waals surface area contributed by atoms with E-state index in [1.807, 2.05) is 12.1 Å². The summed E-state index contributed by atoms with van der Waals surface area (Å²) in [4.78, 5) is 13.7. The largest absolute Gasteiger partial charge is 0.493 e. The Kier molecular flexibility index (Phi) is 9.57.